The van der Waals surface area contributed by atoms with E-state index in [2.05, 4.69) is 130 Å². The number of fused-ring (bicyclic) bond motifs is 3. The van der Waals surface area contributed by atoms with E-state index < -0.39 is 19.9 Å². The third kappa shape index (κ3) is 9.74. The van der Waals surface area contributed by atoms with Crippen LogP contribution in [0, 0.1) is 23.5 Å². The first-order valence-corrected chi connectivity index (χ1v) is 22.2. The molecule has 3 heterocycles. The van der Waals surface area contributed by atoms with Crippen LogP contribution in [0.4, 0.5) is 0 Å². The van der Waals surface area contributed by atoms with Crippen molar-refractivity contribution in [1.29, 1.82) is 0 Å². The number of hydrogen-bond donors (Lipinski definition) is 0. The van der Waals surface area contributed by atoms with Crippen molar-refractivity contribution >= 4 is 35.2 Å². The Kier molecular flexibility index (Phi) is 11.8. The summed E-state index contributed by atoms with van der Waals surface area (Å²) in [6, 6.07) is 41.4. The molecule has 5 heteroatoms. The molecule has 0 saturated heterocycles. The molecule has 0 unspecified atom stereocenters. The van der Waals surface area contributed by atoms with Crippen molar-refractivity contribution in [2.24, 2.45) is 11.3 Å². The zero-order chi connectivity index (χ0) is 39.8. The average molecular weight is 909 g/mol. The topological polar surface area (TPSA) is 38.9 Å². The maximum absolute atomic E-state index is 8.66. The molecule has 0 atom stereocenters. The monoisotopic (exact) mass is 909 g/mol. The molecule has 0 bridgehead atoms. The molecule has 0 aliphatic heterocycles. The molecule has 281 valence electrons. The van der Waals surface area contributed by atoms with Crippen LogP contribution >= 0.6 is 0 Å². The third-order valence-electron chi connectivity index (χ3n) is 9.59. The molecule has 0 N–H and O–H groups in total. The predicted octanol–water partition coefficient (Wildman–Crippen LogP) is 12.7. The molecule has 3 aromatic heterocycles. The summed E-state index contributed by atoms with van der Waals surface area (Å²) < 4.78 is 23.4. The van der Waals surface area contributed by atoms with E-state index in [4.69, 9.17) is 7.16 Å². The summed E-state index contributed by atoms with van der Waals surface area (Å²) in [6.07, 6.45) is 3.43. The third-order valence-corrected chi connectivity index (χ3v) is 11.7. The predicted molar refractivity (Wildman–Crippen MR) is 228 cm³/mol. The average Bonchev–Trinajstić information content (AvgIpc) is 3.52. The number of pyridine rings is 2. The van der Waals surface area contributed by atoms with Crippen LogP contribution in [0.3, 0.4) is 0 Å². The first-order valence-electron chi connectivity index (χ1n) is 19.7. The molecule has 7 aromatic rings. The van der Waals surface area contributed by atoms with Crippen LogP contribution in [0.2, 0.25) is 19.6 Å². The summed E-state index contributed by atoms with van der Waals surface area (Å²) in [4.78, 5) is 9.23. The van der Waals surface area contributed by atoms with E-state index >= 15 is 0 Å². The van der Waals surface area contributed by atoms with Gasteiger partial charge in [0.05, 0.1) is 13.7 Å². The van der Waals surface area contributed by atoms with Gasteiger partial charge in [0.25, 0.3) is 0 Å². The van der Waals surface area contributed by atoms with Crippen molar-refractivity contribution in [1.82, 2.24) is 9.97 Å². The van der Waals surface area contributed by atoms with E-state index in [0.29, 0.717) is 17.2 Å². The van der Waals surface area contributed by atoms with Crippen molar-refractivity contribution in [2.45, 2.75) is 86.3 Å². The molecule has 7 rings (SSSR count). The molecular formula is C49H54IrN2OSi-2. The van der Waals surface area contributed by atoms with Gasteiger partial charge in [0.15, 0.2) is 0 Å². The summed E-state index contributed by atoms with van der Waals surface area (Å²) in [7, 11) is -1.34. The van der Waals surface area contributed by atoms with Gasteiger partial charge in [-0.15, -0.1) is 59.7 Å². The molecule has 4 aromatic carbocycles. The van der Waals surface area contributed by atoms with Crippen LogP contribution in [0.25, 0.3) is 44.5 Å². The molecule has 54 heavy (non-hydrogen) atoms. The Bertz CT molecular complexity index is 2410. The number of rotatable bonds is 8. The zero-order valence-electron chi connectivity index (χ0n) is 35.4. The van der Waals surface area contributed by atoms with E-state index in [9.17, 15) is 0 Å². The first kappa shape index (κ1) is 38.1. The first-order chi connectivity index (χ1) is 25.9. The van der Waals surface area contributed by atoms with E-state index in [-0.39, 0.29) is 25.5 Å². The summed E-state index contributed by atoms with van der Waals surface area (Å²) in [5.74, 6) is 0.667. The summed E-state index contributed by atoms with van der Waals surface area (Å²) >= 11 is 0. The van der Waals surface area contributed by atoms with Crippen LogP contribution in [-0.2, 0) is 38.3 Å². The molecule has 0 saturated carbocycles. The number of aromatic nitrogens is 2. The van der Waals surface area contributed by atoms with Crippen molar-refractivity contribution in [3.05, 3.63) is 150 Å². The largest absolute Gasteiger partial charge is 0.500 e. The van der Waals surface area contributed by atoms with Gasteiger partial charge in [0.2, 0.25) is 0 Å². The van der Waals surface area contributed by atoms with Crippen molar-refractivity contribution in [2.75, 3.05) is 0 Å². The maximum Gasteiger partial charge on any atom is 0.120 e. The fourth-order valence-corrected chi connectivity index (χ4v) is 8.44. The van der Waals surface area contributed by atoms with Crippen LogP contribution in [0.1, 0.15) is 73.5 Å². The number of hydrogen-bond acceptors (Lipinski definition) is 3. The molecule has 0 spiro atoms. The second-order valence-electron chi connectivity index (χ2n) is 17.1. The molecule has 0 aliphatic carbocycles. The van der Waals surface area contributed by atoms with E-state index in [1.54, 1.807) is 12.3 Å². The smallest absolute Gasteiger partial charge is 0.120 e. The molecule has 0 aliphatic rings. The van der Waals surface area contributed by atoms with Crippen LogP contribution in [0.5, 0.6) is 0 Å². The second-order valence-corrected chi connectivity index (χ2v) is 22.1. The quantitative estimate of drug-likeness (QED) is 0.113. The Morgan fingerprint density at radius 1 is 0.741 bits per heavy atom. The van der Waals surface area contributed by atoms with Gasteiger partial charge in [0.1, 0.15) is 5.58 Å². The van der Waals surface area contributed by atoms with Gasteiger partial charge in [-0.3, -0.25) is 0 Å². The minimum Gasteiger partial charge on any atom is -0.500 e. The van der Waals surface area contributed by atoms with Crippen molar-refractivity contribution in [3.8, 4) is 22.5 Å². The van der Waals surface area contributed by atoms with E-state index in [0.717, 1.165) is 45.2 Å². The molecule has 3 nitrogen and oxygen atoms in total. The Balaban J connectivity index is 0.000000244. The Hall–Kier alpha value is -4.15. The minimum atomic E-state index is -1.49. The van der Waals surface area contributed by atoms with Gasteiger partial charge in [-0.2, -0.15) is 0 Å². The summed E-state index contributed by atoms with van der Waals surface area (Å²) in [5.41, 5.74) is 9.13. The molecule has 0 fully saturated rings. The Labute approximate surface area is 340 Å². The van der Waals surface area contributed by atoms with Gasteiger partial charge >= 0.3 is 0 Å². The van der Waals surface area contributed by atoms with Crippen molar-refractivity contribution < 1.29 is 27.3 Å². The van der Waals surface area contributed by atoms with Gasteiger partial charge in [-0.1, -0.05) is 133 Å². The second kappa shape index (κ2) is 16.7. The van der Waals surface area contributed by atoms with Crippen molar-refractivity contribution in [3.63, 3.8) is 0 Å². The van der Waals surface area contributed by atoms with E-state index in [1.807, 2.05) is 63.2 Å². The van der Waals surface area contributed by atoms with Crippen LogP contribution < -0.4 is 5.19 Å². The van der Waals surface area contributed by atoms with Crippen LogP contribution in [0.15, 0.2) is 120 Å². The van der Waals surface area contributed by atoms with E-state index in [1.165, 1.54) is 21.9 Å². The fraction of sp³-hybridized carbons (Fsp3) is 0.306. The zero-order valence-corrected chi connectivity index (χ0v) is 36.8. The van der Waals surface area contributed by atoms with Gasteiger partial charge < -0.3 is 14.4 Å². The van der Waals surface area contributed by atoms with Gasteiger partial charge in [-0.25, -0.2) is 0 Å². The SMILES string of the molecule is CC(C)Cc1cc(-c2[c-]cccc2)ncc1[Si](C)(C)C.[2H]C([2H])(c1ccnc(-c2[c-]cc3oc4ccc(C(C)(C)c5ccccc5)cc4c3c2)c1)C(C)(C)C.[Ir]. The molecular weight excluding hydrogens is 853 g/mol. The fourth-order valence-electron chi connectivity index (χ4n) is 6.85. The van der Waals surface area contributed by atoms with Gasteiger partial charge in [-0.05, 0) is 70.0 Å². The number of nitrogens with zero attached hydrogens (tertiary/aromatic N) is 2. The number of furan rings is 1. The number of benzene rings is 4. The summed E-state index contributed by atoms with van der Waals surface area (Å²) in [5, 5.41) is 3.55. The van der Waals surface area contributed by atoms with Gasteiger partial charge in [0, 0.05) is 46.0 Å². The van der Waals surface area contributed by atoms with Crippen LogP contribution in [-0.4, -0.2) is 18.0 Å². The normalized spacial score (nSPS) is 12.9. The standard InChI is InChI=1S/C31H30NO.C18H24NSi.Ir/c1-30(2,3)20-21-15-16-32-27(17-21)22-11-13-28-25(18-22)26-19-24(12-14-29(26)33-28)31(4,5)23-9-7-6-8-10-23;1-14(2)11-16-12-17(15-9-7-6-8-10-15)19-13-18(16)20(3,4)5;/h6-10,12-19H,20H2,1-5H3;6-9,12-14H,11H2,1-5H3;/q2*-1;/i20D2;;. The Morgan fingerprint density at radius 3 is 2.11 bits per heavy atom. The Morgan fingerprint density at radius 2 is 1.44 bits per heavy atom. The molecule has 0 amide bonds. The summed E-state index contributed by atoms with van der Waals surface area (Å²) in [6.45, 7) is 22.0. The minimum absolute atomic E-state index is 0. The molecule has 1 radical (unpaired) electrons. The maximum atomic E-state index is 8.66.